The molecule has 26 heavy (non-hydrogen) atoms. The van der Waals surface area contributed by atoms with Crippen LogP contribution in [0.2, 0.25) is 0 Å². The van der Waals surface area contributed by atoms with E-state index >= 15 is 0 Å². The Hall–Kier alpha value is -3.12. The second kappa shape index (κ2) is 7.01. The molecule has 0 saturated carbocycles. The average molecular weight is 353 g/mol. The fourth-order valence-corrected chi connectivity index (χ4v) is 3.11. The van der Waals surface area contributed by atoms with Gasteiger partial charge in [-0.25, -0.2) is 0 Å². The summed E-state index contributed by atoms with van der Waals surface area (Å²) in [6, 6.07) is 13.7. The molecule has 6 nitrogen and oxygen atoms in total. The maximum absolute atomic E-state index is 12.6. The number of amides is 1. The van der Waals surface area contributed by atoms with E-state index in [2.05, 4.69) is 0 Å². The fraction of sp³-hybridized carbons (Fsp3) is 0.200. The maximum Gasteiger partial charge on any atom is 0.295 e. The summed E-state index contributed by atoms with van der Waals surface area (Å²) in [5, 5.41) is 30.0. The number of carbonyl (C=O) groups is 2. The summed E-state index contributed by atoms with van der Waals surface area (Å²) < 4.78 is 0. The van der Waals surface area contributed by atoms with Gasteiger partial charge in [-0.1, -0.05) is 42.5 Å². The number of nitrogens with zero attached hydrogens (tertiary/aromatic N) is 1. The van der Waals surface area contributed by atoms with Crippen molar-refractivity contribution in [2.75, 3.05) is 6.54 Å². The molecule has 1 fully saturated rings. The Morgan fingerprint density at radius 3 is 2.27 bits per heavy atom. The zero-order valence-electron chi connectivity index (χ0n) is 14.2. The first-order chi connectivity index (χ1) is 12.4. The number of benzene rings is 2. The number of hydrogen-bond donors (Lipinski definition) is 3. The first kappa shape index (κ1) is 17.7. The van der Waals surface area contributed by atoms with Crippen LogP contribution in [0.3, 0.4) is 0 Å². The van der Waals surface area contributed by atoms with Crippen LogP contribution in [-0.4, -0.2) is 44.6 Å². The van der Waals surface area contributed by atoms with E-state index in [-0.39, 0.29) is 23.6 Å². The standard InChI is InChI=1S/C20H19NO5/c1-12(22)11-21-17(13-7-9-15(23)10-8-13)16(19(25)20(21)26)18(24)14-5-3-2-4-6-14/h2-10,12,17,22-24H,11H2,1H3. The third-order valence-corrected chi connectivity index (χ3v) is 4.26. The van der Waals surface area contributed by atoms with Crippen molar-refractivity contribution in [3.63, 3.8) is 0 Å². The zero-order chi connectivity index (χ0) is 18.8. The SMILES string of the molecule is CC(O)CN1C(=O)C(=O)C(=C(O)c2ccccc2)C1c1ccc(O)cc1. The van der Waals surface area contributed by atoms with E-state index in [0.717, 1.165) is 0 Å². The van der Waals surface area contributed by atoms with Gasteiger partial charge in [-0.15, -0.1) is 0 Å². The molecule has 0 aromatic heterocycles. The molecule has 2 unspecified atom stereocenters. The van der Waals surface area contributed by atoms with Crippen LogP contribution in [0.5, 0.6) is 5.75 Å². The van der Waals surface area contributed by atoms with Crippen molar-refractivity contribution in [3.05, 3.63) is 71.3 Å². The minimum absolute atomic E-state index is 0.0347. The van der Waals surface area contributed by atoms with Crippen LogP contribution < -0.4 is 0 Å². The van der Waals surface area contributed by atoms with Gasteiger partial charge in [-0.2, -0.15) is 0 Å². The van der Waals surface area contributed by atoms with E-state index in [1.807, 2.05) is 0 Å². The molecule has 0 bridgehead atoms. The molecule has 2 aromatic rings. The van der Waals surface area contributed by atoms with Crippen LogP contribution in [0.25, 0.3) is 5.76 Å². The molecule has 2 atom stereocenters. The van der Waals surface area contributed by atoms with Gasteiger partial charge >= 0.3 is 0 Å². The highest BCUT2D eigenvalue weighted by atomic mass is 16.3. The summed E-state index contributed by atoms with van der Waals surface area (Å²) in [4.78, 5) is 26.4. The molecule has 3 rings (SSSR count). The van der Waals surface area contributed by atoms with Gasteiger partial charge in [0.25, 0.3) is 11.7 Å². The minimum Gasteiger partial charge on any atom is -0.508 e. The number of phenols is 1. The third kappa shape index (κ3) is 3.19. The molecule has 6 heteroatoms. The Balaban J connectivity index is 2.18. The highest BCUT2D eigenvalue weighted by Crippen LogP contribution is 2.39. The lowest BCUT2D eigenvalue weighted by Crippen LogP contribution is -2.35. The Labute approximate surface area is 150 Å². The minimum atomic E-state index is -0.843. The van der Waals surface area contributed by atoms with Gasteiger partial charge < -0.3 is 20.2 Å². The lowest BCUT2D eigenvalue weighted by atomic mass is 9.95. The zero-order valence-corrected chi connectivity index (χ0v) is 14.2. The fourth-order valence-electron chi connectivity index (χ4n) is 3.11. The Morgan fingerprint density at radius 2 is 1.69 bits per heavy atom. The van der Waals surface area contributed by atoms with Crippen molar-refractivity contribution in [2.24, 2.45) is 0 Å². The molecule has 1 aliphatic rings. The molecule has 1 amide bonds. The first-order valence-electron chi connectivity index (χ1n) is 8.21. The second-order valence-electron chi connectivity index (χ2n) is 6.26. The molecular weight excluding hydrogens is 334 g/mol. The summed E-state index contributed by atoms with van der Waals surface area (Å²) in [7, 11) is 0. The number of β-amino-alcohol motifs (C(OH)–C–C–N with tert-alkyl or cyclic N) is 1. The summed E-state index contributed by atoms with van der Waals surface area (Å²) in [6.45, 7) is 1.46. The third-order valence-electron chi connectivity index (χ3n) is 4.26. The number of aliphatic hydroxyl groups excluding tert-OH is 2. The van der Waals surface area contributed by atoms with E-state index < -0.39 is 23.8 Å². The molecule has 1 saturated heterocycles. The number of aromatic hydroxyl groups is 1. The van der Waals surface area contributed by atoms with Crippen molar-refractivity contribution in [2.45, 2.75) is 19.1 Å². The molecule has 134 valence electrons. The number of rotatable bonds is 4. The van der Waals surface area contributed by atoms with Crippen molar-refractivity contribution in [1.82, 2.24) is 4.90 Å². The molecule has 3 N–H and O–H groups in total. The molecule has 1 heterocycles. The van der Waals surface area contributed by atoms with Crippen LogP contribution in [0.1, 0.15) is 24.1 Å². The number of carbonyl (C=O) groups excluding carboxylic acids is 2. The quantitative estimate of drug-likeness (QED) is 0.445. The number of Topliss-reactive ketones (excluding diaryl/α,β-unsaturated/α-hetero) is 1. The van der Waals surface area contributed by atoms with Crippen LogP contribution in [0, 0.1) is 0 Å². The number of ketones is 1. The maximum atomic E-state index is 12.6. The van der Waals surface area contributed by atoms with Crippen LogP contribution in [0.15, 0.2) is 60.2 Å². The summed E-state index contributed by atoms with van der Waals surface area (Å²) >= 11 is 0. The van der Waals surface area contributed by atoms with Crippen LogP contribution >= 0.6 is 0 Å². The number of phenolic OH excluding ortho intramolecular Hbond substituents is 1. The number of hydrogen-bond acceptors (Lipinski definition) is 5. The predicted octanol–water partition coefficient (Wildman–Crippen LogP) is 2.19. The topological polar surface area (TPSA) is 98.1 Å². The normalized spacial score (nSPS) is 20.4. The van der Waals surface area contributed by atoms with Crippen molar-refractivity contribution in [3.8, 4) is 5.75 Å². The number of likely N-dealkylation sites (tertiary alicyclic amines) is 1. The Bertz CT molecular complexity index is 856. The van der Waals surface area contributed by atoms with Gasteiger partial charge in [0.05, 0.1) is 17.7 Å². The number of aliphatic hydroxyl groups is 2. The lowest BCUT2D eigenvalue weighted by Gasteiger charge is -2.26. The van der Waals surface area contributed by atoms with Gasteiger partial charge in [-0.05, 0) is 24.6 Å². The van der Waals surface area contributed by atoms with Crippen molar-refractivity contribution in [1.29, 1.82) is 0 Å². The lowest BCUT2D eigenvalue weighted by molar-refractivity contribution is -0.140. The average Bonchev–Trinajstić information content (AvgIpc) is 2.87. The Kier molecular flexibility index (Phi) is 4.77. The molecule has 0 aliphatic carbocycles. The van der Waals surface area contributed by atoms with Gasteiger partial charge in [0, 0.05) is 12.1 Å². The van der Waals surface area contributed by atoms with E-state index in [1.54, 1.807) is 42.5 Å². The van der Waals surface area contributed by atoms with Crippen LogP contribution in [0.4, 0.5) is 0 Å². The van der Waals surface area contributed by atoms with Crippen LogP contribution in [-0.2, 0) is 9.59 Å². The molecular formula is C20H19NO5. The summed E-state index contributed by atoms with van der Waals surface area (Å²) in [5.41, 5.74) is 0.944. The van der Waals surface area contributed by atoms with Crippen molar-refractivity contribution >= 4 is 17.4 Å². The van der Waals surface area contributed by atoms with E-state index in [4.69, 9.17) is 0 Å². The van der Waals surface area contributed by atoms with Gasteiger partial charge in [0.1, 0.15) is 11.5 Å². The van der Waals surface area contributed by atoms with E-state index in [9.17, 15) is 24.9 Å². The molecule has 2 aromatic carbocycles. The van der Waals surface area contributed by atoms with E-state index in [0.29, 0.717) is 11.1 Å². The van der Waals surface area contributed by atoms with Crippen molar-refractivity contribution < 1.29 is 24.9 Å². The second-order valence-corrected chi connectivity index (χ2v) is 6.26. The highest BCUT2D eigenvalue weighted by molar-refractivity contribution is 6.46. The molecule has 0 radical (unpaired) electrons. The smallest absolute Gasteiger partial charge is 0.295 e. The molecule has 1 aliphatic heterocycles. The van der Waals surface area contributed by atoms with Gasteiger partial charge in [0.2, 0.25) is 0 Å². The van der Waals surface area contributed by atoms with Gasteiger partial charge in [-0.3, -0.25) is 9.59 Å². The predicted molar refractivity (Wildman–Crippen MR) is 95.2 cm³/mol. The first-order valence-corrected chi connectivity index (χ1v) is 8.21. The highest BCUT2D eigenvalue weighted by Gasteiger charge is 2.46. The summed E-state index contributed by atoms with van der Waals surface area (Å²) in [6.07, 6.45) is -0.843. The van der Waals surface area contributed by atoms with Gasteiger partial charge in [0.15, 0.2) is 0 Å². The summed E-state index contributed by atoms with van der Waals surface area (Å²) in [5.74, 6) is -1.80. The largest absolute Gasteiger partial charge is 0.508 e. The monoisotopic (exact) mass is 353 g/mol. The molecule has 0 spiro atoms. The van der Waals surface area contributed by atoms with E-state index in [1.165, 1.54) is 24.0 Å². The Morgan fingerprint density at radius 1 is 1.08 bits per heavy atom.